The summed E-state index contributed by atoms with van der Waals surface area (Å²) in [6.07, 6.45) is 3.74. The molecule has 0 aromatic heterocycles. The third-order valence-corrected chi connectivity index (χ3v) is 1.94. The normalized spacial score (nSPS) is 10.4. The Kier molecular flexibility index (Phi) is 3.35. The smallest absolute Gasteiger partial charge is 0.160 e. The molecular weight excluding hydrogens is 176 g/mol. The van der Waals surface area contributed by atoms with Crippen molar-refractivity contribution >= 4 is 18.1 Å². The molecule has 14 heavy (non-hydrogen) atoms. The van der Waals surface area contributed by atoms with Crippen LogP contribution < -0.4 is 0 Å². The third-order valence-electron chi connectivity index (χ3n) is 1.94. The second-order valence-corrected chi connectivity index (χ2v) is 3.14. The van der Waals surface area contributed by atoms with Crippen molar-refractivity contribution in [3.63, 3.8) is 0 Å². The second kappa shape index (κ2) is 4.51. The lowest BCUT2D eigenvalue weighted by Gasteiger charge is -2.02. The lowest BCUT2D eigenvalue weighted by molar-refractivity contribution is -0.104. The molecule has 72 valence electrons. The number of hydrogen-bond donors (Lipinski definition) is 0. The number of allylic oxidation sites excluding steroid dienone is 1. The molecular formula is C12H12O2. The van der Waals surface area contributed by atoms with Crippen molar-refractivity contribution in [3.05, 3.63) is 41.0 Å². The minimum atomic E-state index is 0.00977. The van der Waals surface area contributed by atoms with Crippen LogP contribution in [0.3, 0.4) is 0 Å². The van der Waals surface area contributed by atoms with Gasteiger partial charge in [-0.05, 0) is 25.5 Å². The van der Waals surface area contributed by atoms with Crippen LogP contribution in [-0.2, 0) is 4.79 Å². The Labute approximate surface area is 83.3 Å². The van der Waals surface area contributed by atoms with Gasteiger partial charge in [0.15, 0.2) is 5.78 Å². The fourth-order valence-electron chi connectivity index (χ4n) is 1.28. The molecule has 0 saturated heterocycles. The summed E-state index contributed by atoms with van der Waals surface area (Å²) in [4.78, 5) is 21.4. The molecule has 1 rings (SSSR count). The quantitative estimate of drug-likeness (QED) is 0.414. The summed E-state index contributed by atoms with van der Waals surface area (Å²) in [5.74, 6) is 0.00977. The summed E-state index contributed by atoms with van der Waals surface area (Å²) in [6, 6.07) is 5.55. The average molecular weight is 188 g/mol. The van der Waals surface area contributed by atoms with Crippen LogP contribution in [0.4, 0.5) is 0 Å². The van der Waals surface area contributed by atoms with Gasteiger partial charge in [0.05, 0.1) is 0 Å². The zero-order chi connectivity index (χ0) is 10.6. The molecule has 0 amide bonds. The van der Waals surface area contributed by atoms with Crippen LogP contribution >= 0.6 is 0 Å². The van der Waals surface area contributed by atoms with Gasteiger partial charge in [0, 0.05) is 5.56 Å². The van der Waals surface area contributed by atoms with Crippen LogP contribution in [0.1, 0.15) is 28.4 Å². The molecule has 0 atom stereocenters. The summed E-state index contributed by atoms with van der Waals surface area (Å²) >= 11 is 0. The first-order valence-corrected chi connectivity index (χ1v) is 4.38. The van der Waals surface area contributed by atoms with E-state index >= 15 is 0 Å². The van der Waals surface area contributed by atoms with Gasteiger partial charge in [0.2, 0.25) is 0 Å². The van der Waals surface area contributed by atoms with Crippen molar-refractivity contribution in [3.8, 4) is 0 Å². The van der Waals surface area contributed by atoms with E-state index in [9.17, 15) is 9.59 Å². The highest BCUT2D eigenvalue weighted by Gasteiger charge is 2.03. The Hall–Kier alpha value is -1.70. The molecule has 2 heteroatoms. The SMILES string of the molecule is CC(=O)c1ccc(C)cc1/C=C/C=O. The van der Waals surface area contributed by atoms with E-state index in [0.29, 0.717) is 11.8 Å². The third kappa shape index (κ3) is 2.39. The first kappa shape index (κ1) is 10.4. The number of rotatable bonds is 3. The van der Waals surface area contributed by atoms with Crippen molar-refractivity contribution in [2.24, 2.45) is 0 Å². The fraction of sp³-hybridized carbons (Fsp3) is 0.167. The summed E-state index contributed by atoms with van der Waals surface area (Å²) < 4.78 is 0. The summed E-state index contributed by atoms with van der Waals surface area (Å²) in [5, 5.41) is 0. The largest absolute Gasteiger partial charge is 0.299 e. The molecule has 0 N–H and O–H groups in total. The molecule has 0 aliphatic carbocycles. The summed E-state index contributed by atoms with van der Waals surface area (Å²) in [5.41, 5.74) is 2.51. The summed E-state index contributed by atoms with van der Waals surface area (Å²) in [7, 11) is 0. The maximum Gasteiger partial charge on any atom is 0.160 e. The van der Waals surface area contributed by atoms with Gasteiger partial charge >= 0.3 is 0 Å². The highest BCUT2D eigenvalue weighted by Crippen LogP contribution is 2.13. The number of aldehydes is 1. The van der Waals surface area contributed by atoms with E-state index < -0.39 is 0 Å². The van der Waals surface area contributed by atoms with Gasteiger partial charge in [-0.15, -0.1) is 0 Å². The molecule has 2 nitrogen and oxygen atoms in total. The second-order valence-electron chi connectivity index (χ2n) is 3.14. The Morgan fingerprint density at radius 1 is 1.36 bits per heavy atom. The predicted molar refractivity (Wildman–Crippen MR) is 56.3 cm³/mol. The number of aryl methyl sites for hydroxylation is 1. The zero-order valence-electron chi connectivity index (χ0n) is 8.28. The van der Waals surface area contributed by atoms with Gasteiger partial charge in [0.1, 0.15) is 6.29 Å². The molecule has 0 heterocycles. The number of carbonyl (C=O) groups is 2. The maximum atomic E-state index is 11.2. The fourth-order valence-corrected chi connectivity index (χ4v) is 1.28. The molecule has 0 radical (unpaired) electrons. The van der Waals surface area contributed by atoms with Crippen molar-refractivity contribution < 1.29 is 9.59 Å². The first-order chi connectivity index (χ1) is 6.65. The van der Waals surface area contributed by atoms with Crippen LogP contribution in [-0.4, -0.2) is 12.1 Å². The van der Waals surface area contributed by atoms with Crippen molar-refractivity contribution in [1.82, 2.24) is 0 Å². The number of benzene rings is 1. The van der Waals surface area contributed by atoms with E-state index in [0.717, 1.165) is 11.1 Å². The first-order valence-electron chi connectivity index (χ1n) is 4.38. The highest BCUT2D eigenvalue weighted by atomic mass is 16.1. The van der Waals surface area contributed by atoms with Crippen LogP contribution in [0.2, 0.25) is 0 Å². The molecule has 0 spiro atoms. The van der Waals surface area contributed by atoms with E-state index in [-0.39, 0.29) is 5.78 Å². The van der Waals surface area contributed by atoms with E-state index in [1.54, 1.807) is 12.1 Å². The van der Waals surface area contributed by atoms with Gasteiger partial charge in [-0.1, -0.05) is 29.8 Å². The number of Topliss-reactive ketones (excluding diaryl/α,β-unsaturated/α-hetero) is 1. The van der Waals surface area contributed by atoms with E-state index in [2.05, 4.69) is 0 Å². The monoisotopic (exact) mass is 188 g/mol. The minimum absolute atomic E-state index is 0.00977. The molecule has 0 bridgehead atoms. The molecule has 0 fully saturated rings. The summed E-state index contributed by atoms with van der Waals surface area (Å²) in [6.45, 7) is 3.46. The van der Waals surface area contributed by atoms with Gasteiger partial charge in [-0.2, -0.15) is 0 Å². The van der Waals surface area contributed by atoms with Crippen LogP contribution in [0.5, 0.6) is 0 Å². The zero-order valence-corrected chi connectivity index (χ0v) is 8.28. The number of carbonyl (C=O) groups excluding carboxylic acids is 2. The van der Waals surface area contributed by atoms with Crippen LogP contribution in [0.15, 0.2) is 24.3 Å². The highest BCUT2D eigenvalue weighted by molar-refractivity contribution is 5.98. The Bertz CT molecular complexity index is 389. The number of ketones is 1. The van der Waals surface area contributed by atoms with Gasteiger partial charge < -0.3 is 0 Å². The standard InChI is InChI=1S/C12H12O2/c1-9-5-6-12(10(2)14)11(8-9)4-3-7-13/h3-8H,1-2H3/b4-3+. The number of hydrogen-bond acceptors (Lipinski definition) is 2. The lowest BCUT2D eigenvalue weighted by Crippen LogP contribution is -1.96. The van der Waals surface area contributed by atoms with E-state index in [1.807, 2.05) is 19.1 Å². The van der Waals surface area contributed by atoms with Crippen molar-refractivity contribution in [1.29, 1.82) is 0 Å². The molecule has 0 saturated carbocycles. The lowest BCUT2D eigenvalue weighted by atomic mass is 10.0. The Morgan fingerprint density at radius 2 is 2.07 bits per heavy atom. The van der Waals surface area contributed by atoms with Crippen molar-refractivity contribution in [2.75, 3.05) is 0 Å². The minimum Gasteiger partial charge on any atom is -0.299 e. The van der Waals surface area contributed by atoms with Crippen LogP contribution in [0.25, 0.3) is 6.08 Å². The van der Waals surface area contributed by atoms with Gasteiger partial charge in [0.25, 0.3) is 0 Å². The Balaban J connectivity index is 3.22. The topological polar surface area (TPSA) is 34.1 Å². The van der Waals surface area contributed by atoms with Crippen LogP contribution in [0, 0.1) is 6.92 Å². The Morgan fingerprint density at radius 3 is 2.64 bits per heavy atom. The van der Waals surface area contributed by atoms with E-state index in [1.165, 1.54) is 13.0 Å². The molecule has 0 unspecified atom stereocenters. The molecule has 1 aromatic rings. The predicted octanol–water partition coefficient (Wildman–Crippen LogP) is 2.41. The van der Waals surface area contributed by atoms with Crippen molar-refractivity contribution in [2.45, 2.75) is 13.8 Å². The molecule has 1 aromatic carbocycles. The molecule has 0 aliphatic rings. The van der Waals surface area contributed by atoms with Gasteiger partial charge in [-0.3, -0.25) is 9.59 Å². The van der Waals surface area contributed by atoms with Gasteiger partial charge in [-0.25, -0.2) is 0 Å². The molecule has 0 aliphatic heterocycles. The average Bonchev–Trinajstić information content (AvgIpc) is 2.14. The maximum absolute atomic E-state index is 11.2. The van der Waals surface area contributed by atoms with E-state index in [4.69, 9.17) is 0 Å².